The van der Waals surface area contributed by atoms with E-state index in [1.54, 1.807) is 48.5 Å². The molecule has 5 rings (SSSR count). The van der Waals surface area contributed by atoms with Crippen LogP contribution in [0.4, 0.5) is 11.4 Å². The molecule has 0 bridgehead atoms. The molecule has 2 unspecified atom stereocenters. The molecular weight excluding hydrogens is 396 g/mol. The number of ether oxygens (including phenoxy) is 1. The van der Waals surface area contributed by atoms with E-state index in [1.165, 1.54) is 4.31 Å². The number of para-hydroxylation sites is 1. The van der Waals surface area contributed by atoms with E-state index in [0.717, 1.165) is 17.3 Å². The number of fused-ring (bicyclic) bond motifs is 1. The molecule has 1 amide bonds. The average Bonchev–Trinajstić information content (AvgIpc) is 3.36. The van der Waals surface area contributed by atoms with Crippen LogP contribution in [0.2, 0.25) is 0 Å². The number of carbonyl (C=O) groups excluding carboxylic acids is 1. The van der Waals surface area contributed by atoms with Crippen LogP contribution in [0, 0.1) is 5.92 Å². The zero-order chi connectivity index (χ0) is 19.4. The smallest absolute Gasteiger partial charge is 0.250 e. The fraction of sp³-hybridized carbons (Fsp3) is 0.350. The zero-order valence-electron chi connectivity index (χ0n) is 15.1. The minimum atomic E-state index is -3.75. The van der Waals surface area contributed by atoms with Crippen molar-refractivity contribution in [2.45, 2.75) is 17.3 Å². The molecule has 1 saturated carbocycles. The fourth-order valence-corrected chi connectivity index (χ4v) is 6.82. The fourth-order valence-electron chi connectivity index (χ4n) is 3.89. The van der Waals surface area contributed by atoms with Gasteiger partial charge in [0, 0.05) is 29.7 Å². The van der Waals surface area contributed by atoms with Gasteiger partial charge >= 0.3 is 0 Å². The van der Waals surface area contributed by atoms with Crippen LogP contribution in [-0.2, 0) is 14.8 Å². The van der Waals surface area contributed by atoms with E-state index in [4.69, 9.17) is 4.74 Å². The van der Waals surface area contributed by atoms with Gasteiger partial charge in [-0.3, -0.25) is 9.10 Å². The summed E-state index contributed by atoms with van der Waals surface area (Å²) in [5.41, 5.74) is 1.19. The summed E-state index contributed by atoms with van der Waals surface area (Å²) < 4.78 is 32.1. The Morgan fingerprint density at radius 2 is 1.82 bits per heavy atom. The Hall–Kier alpha value is -2.19. The van der Waals surface area contributed by atoms with E-state index in [1.807, 2.05) is 17.8 Å². The highest BCUT2D eigenvalue weighted by atomic mass is 32.2. The Kier molecular flexibility index (Phi) is 4.10. The predicted molar refractivity (Wildman–Crippen MR) is 110 cm³/mol. The normalized spacial score (nSPS) is 27.6. The van der Waals surface area contributed by atoms with Crippen LogP contribution < -0.4 is 14.4 Å². The van der Waals surface area contributed by atoms with Crippen molar-refractivity contribution in [2.24, 2.45) is 5.92 Å². The Balaban J connectivity index is 1.32. The summed E-state index contributed by atoms with van der Waals surface area (Å²) >= 11 is 1.85. The number of hydrogen-bond acceptors (Lipinski definition) is 5. The van der Waals surface area contributed by atoms with Gasteiger partial charge in [-0.25, -0.2) is 8.42 Å². The van der Waals surface area contributed by atoms with Gasteiger partial charge in [0.25, 0.3) is 0 Å². The summed E-state index contributed by atoms with van der Waals surface area (Å²) in [6, 6.07) is 16.1. The molecular formula is C20H20N2O4S2. The number of nitrogens with zero attached hydrogens (tertiary/aromatic N) is 1. The third-order valence-electron chi connectivity index (χ3n) is 5.64. The van der Waals surface area contributed by atoms with Gasteiger partial charge in [0.1, 0.15) is 11.9 Å². The minimum absolute atomic E-state index is 0.170. The molecule has 3 fully saturated rings. The summed E-state index contributed by atoms with van der Waals surface area (Å²) in [5, 5.41) is 2.80. The van der Waals surface area contributed by atoms with Gasteiger partial charge < -0.3 is 10.1 Å². The van der Waals surface area contributed by atoms with Gasteiger partial charge in [0.05, 0.1) is 5.69 Å². The molecule has 1 aliphatic carbocycles. The number of sulfonamides is 1. The highest BCUT2D eigenvalue weighted by Crippen LogP contribution is 2.58. The number of nitrogens with one attached hydrogen (secondary N) is 1. The van der Waals surface area contributed by atoms with E-state index in [-0.39, 0.29) is 12.0 Å². The topological polar surface area (TPSA) is 75.7 Å². The highest BCUT2D eigenvalue weighted by molar-refractivity contribution is 8.00. The van der Waals surface area contributed by atoms with E-state index in [2.05, 4.69) is 5.32 Å². The van der Waals surface area contributed by atoms with Crippen LogP contribution in [0.5, 0.6) is 5.75 Å². The zero-order valence-corrected chi connectivity index (χ0v) is 16.7. The second-order valence-electron chi connectivity index (χ2n) is 7.42. The summed E-state index contributed by atoms with van der Waals surface area (Å²) in [4.78, 5) is 12.9. The van der Waals surface area contributed by atoms with Crippen molar-refractivity contribution in [3.63, 3.8) is 0 Å². The summed E-state index contributed by atoms with van der Waals surface area (Å²) in [6.45, 7) is 0.353. The van der Waals surface area contributed by atoms with E-state index >= 15 is 0 Å². The van der Waals surface area contributed by atoms with Crippen molar-refractivity contribution in [3.8, 4) is 5.75 Å². The van der Waals surface area contributed by atoms with E-state index in [9.17, 15) is 13.2 Å². The molecule has 2 aromatic carbocycles. The Bertz CT molecular complexity index is 1010. The third kappa shape index (κ3) is 2.69. The van der Waals surface area contributed by atoms with Crippen LogP contribution in [0.3, 0.4) is 0 Å². The molecule has 0 spiro atoms. The van der Waals surface area contributed by atoms with Gasteiger partial charge in [-0.05, 0) is 42.8 Å². The van der Waals surface area contributed by atoms with E-state index < -0.39 is 20.7 Å². The van der Waals surface area contributed by atoms with Crippen LogP contribution >= 0.6 is 11.8 Å². The summed E-state index contributed by atoms with van der Waals surface area (Å²) in [7, 11) is -3.75. The Labute approximate surface area is 168 Å². The van der Waals surface area contributed by atoms with Gasteiger partial charge in [0.2, 0.25) is 15.9 Å². The summed E-state index contributed by atoms with van der Waals surface area (Å²) in [5.74, 6) is 2.14. The SMILES string of the molecule is O=C(Nc1ccc(OC2CSC2)cc1)C12CC1CN(c1ccccc1)S2(=O)=O. The second kappa shape index (κ2) is 6.42. The van der Waals surface area contributed by atoms with Crippen molar-refractivity contribution in [1.82, 2.24) is 0 Å². The number of anilines is 2. The molecule has 2 heterocycles. The second-order valence-corrected chi connectivity index (χ2v) is 10.6. The lowest BCUT2D eigenvalue weighted by atomic mass is 10.2. The van der Waals surface area contributed by atoms with Crippen molar-refractivity contribution in [2.75, 3.05) is 27.7 Å². The molecule has 1 N–H and O–H groups in total. The number of carbonyl (C=O) groups is 1. The van der Waals surface area contributed by atoms with Crippen molar-refractivity contribution in [1.29, 1.82) is 0 Å². The molecule has 3 aliphatic rings. The first-order chi connectivity index (χ1) is 13.5. The lowest BCUT2D eigenvalue weighted by molar-refractivity contribution is -0.116. The number of amides is 1. The number of rotatable bonds is 5. The quantitative estimate of drug-likeness (QED) is 0.811. The van der Waals surface area contributed by atoms with Gasteiger partial charge in [-0.1, -0.05) is 18.2 Å². The molecule has 2 atom stereocenters. The maximum Gasteiger partial charge on any atom is 0.250 e. The molecule has 6 nitrogen and oxygen atoms in total. The van der Waals surface area contributed by atoms with Crippen LogP contribution in [0.15, 0.2) is 54.6 Å². The van der Waals surface area contributed by atoms with Crippen molar-refractivity contribution in [3.05, 3.63) is 54.6 Å². The largest absolute Gasteiger partial charge is 0.489 e. The van der Waals surface area contributed by atoms with E-state index in [0.29, 0.717) is 24.3 Å². The van der Waals surface area contributed by atoms with Crippen LogP contribution in [-0.4, -0.2) is 43.2 Å². The number of hydrogen-bond donors (Lipinski definition) is 1. The number of thioether (sulfide) groups is 1. The first kappa shape index (κ1) is 17.9. The van der Waals surface area contributed by atoms with Gasteiger partial charge in [-0.2, -0.15) is 11.8 Å². The molecule has 0 aromatic heterocycles. The first-order valence-electron chi connectivity index (χ1n) is 9.24. The lowest BCUT2D eigenvalue weighted by Crippen LogP contribution is -2.42. The minimum Gasteiger partial charge on any atom is -0.489 e. The molecule has 2 aliphatic heterocycles. The molecule has 28 heavy (non-hydrogen) atoms. The average molecular weight is 417 g/mol. The Morgan fingerprint density at radius 1 is 1.11 bits per heavy atom. The highest BCUT2D eigenvalue weighted by Gasteiger charge is 2.75. The molecule has 2 saturated heterocycles. The maximum atomic E-state index is 13.1. The van der Waals surface area contributed by atoms with Crippen LogP contribution in [0.25, 0.3) is 0 Å². The molecule has 8 heteroatoms. The Morgan fingerprint density at radius 3 is 2.46 bits per heavy atom. The molecule has 146 valence electrons. The third-order valence-corrected chi connectivity index (χ3v) is 9.40. The molecule has 0 radical (unpaired) electrons. The maximum absolute atomic E-state index is 13.1. The summed E-state index contributed by atoms with van der Waals surface area (Å²) in [6.07, 6.45) is 0.634. The van der Waals surface area contributed by atoms with Gasteiger partial charge in [-0.15, -0.1) is 0 Å². The van der Waals surface area contributed by atoms with Crippen LogP contribution in [0.1, 0.15) is 6.42 Å². The standard InChI is InChI=1S/C20H20N2O4S2/c23-19(21-15-6-8-17(9-7-15)26-18-12-27-13-18)20-10-14(20)11-22(28(20,24)25)16-4-2-1-3-5-16/h1-9,14,18H,10-13H2,(H,21,23). The predicted octanol–water partition coefficient (Wildman–Crippen LogP) is 2.73. The molecule has 2 aromatic rings. The monoisotopic (exact) mass is 416 g/mol. The first-order valence-corrected chi connectivity index (χ1v) is 11.8. The van der Waals surface area contributed by atoms with Gasteiger partial charge in [0.15, 0.2) is 4.75 Å². The van der Waals surface area contributed by atoms with Crippen molar-refractivity contribution < 1.29 is 17.9 Å². The van der Waals surface area contributed by atoms with Crippen molar-refractivity contribution >= 4 is 39.1 Å². The lowest BCUT2D eigenvalue weighted by Gasteiger charge is -2.26. The number of benzene rings is 2.